The third kappa shape index (κ3) is 1.82. The Morgan fingerprint density at radius 1 is 1.14 bits per heavy atom. The molecule has 0 saturated carbocycles. The lowest BCUT2D eigenvalue weighted by Gasteiger charge is -2.17. The van der Waals surface area contributed by atoms with Crippen molar-refractivity contribution in [3.05, 3.63) is 36.0 Å². The molecular formula is C13H17N. The number of nitrogens with one attached hydrogen (secondary N) is 1. The summed E-state index contributed by atoms with van der Waals surface area (Å²) in [5, 5.41) is 1.36. The molecule has 0 aliphatic carbocycles. The second-order valence-corrected chi connectivity index (χ2v) is 5.10. The molecule has 2 rings (SSSR count). The van der Waals surface area contributed by atoms with Crippen molar-refractivity contribution in [1.29, 1.82) is 0 Å². The van der Waals surface area contributed by atoms with Crippen LogP contribution in [-0.2, 0) is 6.42 Å². The highest BCUT2D eigenvalue weighted by Gasteiger charge is 2.13. The van der Waals surface area contributed by atoms with Crippen LogP contribution in [-0.4, -0.2) is 4.98 Å². The Bertz CT molecular complexity index is 432. The van der Waals surface area contributed by atoms with E-state index in [4.69, 9.17) is 0 Å². The van der Waals surface area contributed by atoms with Crippen LogP contribution >= 0.6 is 0 Å². The van der Waals surface area contributed by atoms with Crippen LogP contribution in [0.2, 0.25) is 0 Å². The minimum Gasteiger partial charge on any atom is -0.361 e. The van der Waals surface area contributed by atoms with Gasteiger partial charge in [0.05, 0.1) is 0 Å². The molecule has 1 heteroatoms. The van der Waals surface area contributed by atoms with E-state index < -0.39 is 0 Å². The van der Waals surface area contributed by atoms with E-state index in [9.17, 15) is 0 Å². The summed E-state index contributed by atoms with van der Waals surface area (Å²) in [4.78, 5) is 3.31. The van der Waals surface area contributed by atoms with Crippen molar-refractivity contribution in [2.45, 2.75) is 27.2 Å². The summed E-state index contributed by atoms with van der Waals surface area (Å²) in [7, 11) is 0. The molecule has 0 spiro atoms. The smallest absolute Gasteiger partial charge is 0.0456 e. The Balaban J connectivity index is 2.44. The van der Waals surface area contributed by atoms with E-state index >= 15 is 0 Å². The molecule has 0 fully saturated rings. The first kappa shape index (κ1) is 9.32. The van der Waals surface area contributed by atoms with Gasteiger partial charge in [0.25, 0.3) is 0 Å². The van der Waals surface area contributed by atoms with Gasteiger partial charge in [-0.3, -0.25) is 0 Å². The van der Waals surface area contributed by atoms with E-state index in [0.29, 0.717) is 5.41 Å². The summed E-state index contributed by atoms with van der Waals surface area (Å²) < 4.78 is 0. The Hall–Kier alpha value is -1.24. The zero-order chi connectivity index (χ0) is 10.2. The lowest BCUT2D eigenvalue weighted by atomic mass is 9.88. The lowest BCUT2D eigenvalue weighted by Crippen LogP contribution is -2.08. The number of aromatic nitrogens is 1. The predicted octanol–water partition coefficient (Wildman–Crippen LogP) is 3.76. The second-order valence-electron chi connectivity index (χ2n) is 5.10. The fourth-order valence-corrected chi connectivity index (χ4v) is 1.85. The molecule has 1 aromatic carbocycles. The Morgan fingerprint density at radius 2 is 1.86 bits per heavy atom. The van der Waals surface area contributed by atoms with Gasteiger partial charge in [-0.25, -0.2) is 0 Å². The van der Waals surface area contributed by atoms with Gasteiger partial charge in [-0.2, -0.15) is 0 Å². The van der Waals surface area contributed by atoms with Crippen LogP contribution in [0.4, 0.5) is 0 Å². The van der Waals surface area contributed by atoms with Crippen molar-refractivity contribution in [3.63, 3.8) is 0 Å². The summed E-state index contributed by atoms with van der Waals surface area (Å²) in [6, 6.07) is 8.48. The maximum atomic E-state index is 3.31. The minimum absolute atomic E-state index is 0.352. The van der Waals surface area contributed by atoms with Gasteiger partial charge >= 0.3 is 0 Å². The van der Waals surface area contributed by atoms with Crippen LogP contribution < -0.4 is 0 Å². The van der Waals surface area contributed by atoms with Gasteiger partial charge in [-0.05, 0) is 23.5 Å². The Morgan fingerprint density at radius 3 is 2.57 bits per heavy atom. The predicted molar refractivity (Wildman–Crippen MR) is 61.5 cm³/mol. The van der Waals surface area contributed by atoms with Crippen molar-refractivity contribution in [2.24, 2.45) is 5.41 Å². The van der Waals surface area contributed by atoms with E-state index in [-0.39, 0.29) is 0 Å². The highest BCUT2D eigenvalue weighted by atomic mass is 14.7. The molecular weight excluding hydrogens is 170 g/mol. The molecule has 0 radical (unpaired) electrons. The number of aromatic amines is 1. The molecule has 1 aromatic heterocycles. The van der Waals surface area contributed by atoms with Gasteiger partial charge in [-0.15, -0.1) is 0 Å². The van der Waals surface area contributed by atoms with E-state index in [1.165, 1.54) is 16.5 Å². The zero-order valence-corrected chi connectivity index (χ0v) is 9.09. The van der Waals surface area contributed by atoms with Crippen molar-refractivity contribution in [3.8, 4) is 0 Å². The molecule has 0 unspecified atom stereocenters. The van der Waals surface area contributed by atoms with Crippen molar-refractivity contribution in [1.82, 2.24) is 4.98 Å². The highest BCUT2D eigenvalue weighted by Crippen LogP contribution is 2.26. The molecule has 0 amide bonds. The van der Waals surface area contributed by atoms with E-state index in [1.807, 2.05) is 0 Å². The highest BCUT2D eigenvalue weighted by molar-refractivity contribution is 5.83. The fourth-order valence-electron chi connectivity index (χ4n) is 1.85. The molecule has 14 heavy (non-hydrogen) atoms. The molecule has 1 heterocycles. The Labute approximate surface area is 85.1 Å². The number of H-pyrrole nitrogens is 1. The standard InChI is InChI=1S/C13H17N/c1-13(2,3)8-10-9-14-12-7-5-4-6-11(10)12/h4-7,9,14H,8H2,1-3H3. The van der Waals surface area contributed by atoms with Crippen LogP contribution in [0.3, 0.4) is 0 Å². The third-order valence-corrected chi connectivity index (χ3v) is 2.40. The number of fused-ring (bicyclic) bond motifs is 1. The van der Waals surface area contributed by atoms with Crippen molar-refractivity contribution >= 4 is 10.9 Å². The zero-order valence-electron chi connectivity index (χ0n) is 9.09. The van der Waals surface area contributed by atoms with Gasteiger partial charge < -0.3 is 4.98 Å². The number of benzene rings is 1. The maximum Gasteiger partial charge on any atom is 0.0456 e. The van der Waals surface area contributed by atoms with Gasteiger partial charge in [0.2, 0.25) is 0 Å². The molecule has 74 valence electrons. The first-order valence-electron chi connectivity index (χ1n) is 5.11. The van der Waals surface area contributed by atoms with Gasteiger partial charge in [0, 0.05) is 17.1 Å². The molecule has 1 N–H and O–H groups in total. The van der Waals surface area contributed by atoms with Crippen LogP contribution in [0.25, 0.3) is 10.9 Å². The molecule has 0 aliphatic rings. The average Bonchev–Trinajstić information content (AvgIpc) is 2.47. The number of hydrogen-bond donors (Lipinski definition) is 1. The topological polar surface area (TPSA) is 15.8 Å². The molecule has 1 nitrogen and oxygen atoms in total. The maximum absolute atomic E-state index is 3.31. The van der Waals surface area contributed by atoms with Gasteiger partial charge in [-0.1, -0.05) is 39.0 Å². The Kier molecular flexibility index (Phi) is 2.10. The second kappa shape index (κ2) is 3.16. The minimum atomic E-state index is 0.352. The van der Waals surface area contributed by atoms with Crippen molar-refractivity contribution in [2.75, 3.05) is 0 Å². The fraction of sp³-hybridized carbons (Fsp3) is 0.385. The number of hydrogen-bond acceptors (Lipinski definition) is 0. The normalized spacial score (nSPS) is 12.2. The summed E-state index contributed by atoms with van der Waals surface area (Å²) in [6.45, 7) is 6.82. The summed E-state index contributed by atoms with van der Waals surface area (Å²) in [6.07, 6.45) is 3.26. The molecule has 2 aromatic rings. The van der Waals surface area contributed by atoms with Crippen LogP contribution in [0.15, 0.2) is 30.5 Å². The van der Waals surface area contributed by atoms with Gasteiger partial charge in [0.1, 0.15) is 0 Å². The van der Waals surface area contributed by atoms with E-state index in [2.05, 4.69) is 56.2 Å². The SMILES string of the molecule is CC(C)(C)Cc1c[nH]c2ccccc12. The lowest BCUT2D eigenvalue weighted by molar-refractivity contribution is 0.412. The third-order valence-electron chi connectivity index (χ3n) is 2.40. The largest absolute Gasteiger partial charge is 0.361 e. The van der Waals surface area contributed by atoms with Crippen LogP contribution in [0.1, 0.15) is 26.3 Å². The van der Waals surface area contributed by atoms with Crippen LogP contribution in [0, 0.1) is 5.41 Å². The summed E-state index contributed by atoms with van der Waals surface area (Å²) in [5.74, 6) is 0. The van der Waals surface area contributed by atoms with Crippen molar-refractivity contribution < 1.29 is 0 Å². The summed E-state index contributed by atoms with van der Waals surface area (Å²) in [5.41, 5.74) is 3.02. The first-order chi connectivity index (χ1) is 6.56. The number of para-hydroxylation sites is 1. The monoisotopic (exact) mass is 187 g/mol. The van der Waals surface area contributed by atoms with Gasteiger partial charge in [0.15, 0.2) is 0 Å². The summed E-state index contributed by atoms with van der Waals surface area (Å²) >= 11 is 0. The van der Waals surface area contributed by atoms with E-state index in [1.54, 1.807) is 0 Å². The first-order valence-corrected chi connectivity index (χ1v) is 5.11. The molecule has 0 saturated heterocycles. The molecule has 0 atom stereocenters. The number of rotatable bonds is 1. The quantitative estimate of drug-likeness (QED) is 0.699. The average molecular weight is 187 g/mol. The molecule has 0 aliphatic heterocycles. The van der Waals surface area contributed by atoms with Crippen LogP contribution in [0.5, 0.6) is 0 Å². The molecule has 0 bridgehead atoms. The van der Waals surface area contributed by atoms with E-state index in [0.717, 1.165) is 6.42 Å².